The highest BCUT2D eigenvalue weighted by molar-refractivity contribution is 7.93. The summed E-state index contributed by atoms with van der Waals surface area (Å²) >= 11 is 0.764. The van der Waals surface area contributed by atoms with Gasteiger partial charge in [0.15, 0.2) is 0 Å². The van der Waals surface area contributed by atoms with Gasteiger partial charge in [-0.3, -0.25) is 0 Å². The van der Waals surface area contributed by atoms with Crippen molar-refractivity contribution in [1.29, 1.82) is 0 Å². The lowest BCUT2D eigenvalue weighted by molar-refractivity contribution is -0.0866. The van der Waals surface area contributed by atoms with Crippen LogP contribution >= 0.6 is 12.0 Å². The van der Waals surface area contributed by atoms with Gasteiger partial charge in [-0.05, 0) is 17.6 Å². The highest BCUT2D eigenvalue weighted by Gasteiger charge is 2.46. The van der Waals surface area contributed by atoms with Crippen molar-refractivity contribution in [2.75, 3.05) is 5.75 Å². The zero-order valence-electron chi connectivity index (χ0n) is 11.3. The van der Waals surface area contributed by atoms with Crippen LogP contribution in [-0.4, -0.2) is 15.4 Å². The third-order valence-corrected chi connectivity index (χ3v) is 4.39. The highest BCUT2D eigenvalue weighted by Crippen LogP contribution is 2.46. The quantitative estimate of drug-likeness (QED) is 0.605. The molecule has 0 saturated heterocycles. The van der Waals surface area contributed by atoms with E-state index in [4.69, 9.17) is 4.55 Å². The third kappa shape index (κ3) is 2.63. The largest absolute Gasteiger partial charge is 0.384 e. The topological polar surface area (TPSA) is 40.5 Å². The number of hydrogen-bond acceptors (Lipinski definition) is 3. The highest BCUT2D eigenvalue weighted by atomic mass is 32.2. The first-order chi connectivity index (χ1) is 8.40. The second-order valence-corrected chi connectivity index (χ2v) is 5.85. The Bertz CT molecular complexity index is 389. The van der Waals surface area contributed by atoms with Gasteiger partial charge in [-0.1, -0.05) is 57.2 Å². The van der Waals surface area contributed by atoms with Gasteiger partial charge in [-0.25, -0.2) is 0 Å². The maximum atomic E-state index is 11.2. The van der Waals surface area contributed by atoms with E-state index in [1.54, 1.807) is 6.08 Å². The van der Waals surface area contributed by atoms with Gasteiger partial charge in [0.1, 0.15) is 5.60 Å². The molecule has 1 aromatic rings. The molecule has 0 spiro atoms. The zero-order chi connectivity index (χ0) is 13.8. The maximum Gasteiger partial charge on any atom is 0.101 e. The minimum absolute atomic E-state index is 0.0945. The second kappa shape index (κ2) is 5.91. The minimum Gasteiger partial charge on any atom is -0.384 e. The van der Waals surface area contributed by atoms with Crippen LogP contribution in [0.2, 0.25) is 0 Å². The SMILES string of the molecule is C=CC(C)(C)C(O)(c1ccccc1)C(C)CSO. The van der Waals surface area contributed by atoms with E-state index >= 15 is 0 Å². The summed E-state index contributed by atoms with van der Waals surface area (Å²) in [7, 11) is 0. The van der Waals surface area contributed by atoms with E-state index in [1.165, 1.54) is 0 Å². The molecule has 0 amide bonds. The van der Waals surface area contributed by atoms with Gasteiger partial charge in [0.25, 0.3) is 0 Å². The van der Waals surface area contributed by atoms with Crippen LogP contribution in [0.4, 0.5) is 0 Å². The Balaban J connectivity index is 3.30. The molecule has 0 saturated carbocycles. The summed E-state index contributed by atoms with van der Waals surface area (Å²) in [4.78, 5) is 0. The molecule has 0 fully saturated rings. The predicted octanol–water partition coefficient (Wildman–Crippen LogP) is 3.93. The molecular weight excluding hydrogens is 244 g/mol. The van der Waals surface area contributed by atoms with Gasteiger partial charge in [0.05, 0.1) is 0 Å². The molecule has 100 valence electrons. The summed E-state index contributed by atoms with van der Waals surface area (Å²) < 4.78 is 9.07. The Morgan fingerprint density at radius 3 is 2.33 bits per heavy atom. The Kier molecular flexibility index (Phi) is 5.02. The molecule has 0 heterocycles. The zero-order valence-corrected chi connectivity index (χ0v) is 12.1. The summed E-state index contributed by atoms with van der Waals surface area (Å²) in [5.74, 6) is 0.380. The fraction of sp³-hybridized carbons (Fsp3) is 0.467. The molecule has 0 aliphatic rings. The van der Waals surface area contributed by atoms with Crippen molar-refractivity contribution in [2.45, 2.75) is 26.4 Å². The molecule has 18 heavy (non-hydrogen) atoms. The smallest absolute Gasteiger partial charge is 0.101 e. The van der Waals surface area contributed by atoms with Crippen LogP contribution in [0.25, 0.3) is 0 Å². The first kappa shape index (κ1) is 15.3. The number of aliphatic hydroxyl groups is 1. The van der Waals surface area contributed by atoms with Crippen molar-refractivity contribution in [2.24, 2.45) is 11.3 Å². The summed E-state index contributed by atoms with van der Waals surface area (Å²) in [6.45, 7) is 9.71. The normalized spacial score (nSPS) is 16.9. The first-order valence-electron chi connectivity index (χ1n) is 6.08. The van der Waals surface area contributed by atoms with Crippen molar-refractivity contribution >= 4 is 12.0 Å². The molecule has 1 rings (SSSR count). The second-order valence-electron chi connectivity index (χ2n) is 5.26. The maximum absolute atomic E-state index is 11.2. The van der Waals surface area contributed by atoms with E-state index in [0.29, 0.717) is 5.75 Å². The van der Waals surface area contributed by atoms with Crippen LogP contribution in [-0.2, 0) is 5.60 Å². The van der Waals surface area contributed by atoms with Crippen molar-refractivity contribution in [3.8, 4) is 0 Å². The molecule has 0 aliphatic carbocycles. The van der Waals surface area contributed by atoms with Crippen molar-refractivity contribution < 1.29 is 9.66 Å². The van der Waals surface area contributed by atoms with Gasteiger partial charge in [0.2, 0.25) is 0 Å². The van der Waals surface area contributed by atoms with Crippen molar-refractivity contribution in [3.05, 3.63) is 48.6 Å². The molecule has 0 aliphatic heterocycles. The van der Waals surface area contributed by atoms with Gasteiger partial charge in [0, 0.05) is 17.1 Å². The molecule has 0 radical (unpaired) electrons. The van der Waals surface area contributed by atoms with E-state index in [1.807, 2.05) is 51.1 Å². The first-order valence-corrected chi connectivity index (χ1v) is 7.02. The fourth-order valence-corrected chi connectivity index (χ4v) is 2.84. The average Bonchev–Trinajstić information content (AvgIpc) is 2.38. The van der Waals surface area contributed by atoms with Crippen molar-refractivity contribution in [3.63, 3.8) is 0 Å². The fourth-order valence-electron chi connectivity index (χ4n) is 2.37. The summed E-state index contributed by atoms with van der Waals surface area (Å²) in [6, 6.07) is 9.60. The summed E-state index contributed by atoms with van der Waals surface area (Å²) in [5, 5.41) is 11.2. The molecule has 3 heteroatoms. The summed E-state index contributed by atoms with van der Waals surface area (Å²) in [6.07, 6.45) is 1.78. The van der Waals surface area contributed by atoms with Gasteiger partial charge in [-0.15, -0.1) is 6.58 Å². The third-order valence-electron chi connectivity index (χ3n) is 3.74. The van der Waals surface area contributed by atoms with Crippen LogP contribution in [0, 0.1) is 11.3 Å². The lowest BCUT2D eigenvalue weighted by Crippen LogP contribution is -2.47. The van der Waals surface area contributed by atoms with Gasteiger partial charge in [-0.2, -0.15) is 0 Å². The van der Waals surface area contributed by atoms with E-state index in [0.717, 1.165) is 17.6 Å². The van der Waals surface area contributed by atoms with Crippen LogP contribution in [0.5, 0.6) is 0 Å². The van der Waals surface area contributed by atoms with Crippen molar-refractivity contribution in [1.82, 2.24) is 0 Å². The van der Waals surface area contributed by atoms with Gasteiger partial charge < -0.3 is 9.66 Å². The van der Waals surface area contributed by atoms with E-state index in [2.05, 4.69) is 6.58 Å². The molecular formula is C15H22O2S. The minimum atomic E-state index is -1.05. The van der Waals surface area contributed by atoms with E-state index in [9.17, 15) is 5.11 Å². The van der Waals surface area contributed by atoms with Crippen LogP contribution in [0.1, 0.15) is 26.3 Å². The average molecular weight is 266 g/mol. The number of benzene rings is 1. The molecule has 0 aromatic heterocycles. The molecule has 2 nitrogen and oxygen atoms in total. The standard InChI is InChI=1S/C15H22O2S/c1-5-14(3,4)15(16,12(2)11-18-17)13-9-7-6-8-10-13/h5-10,12,16-17H,1,11H2,2-4H3. The molecule has 1 aromatic carbocycles. The molecule has 2 atom stereocenters. The Morgan fingerprint density at radius 2 is 1.89 bits per heavy atom. The lowest BCUT2D eigenvalue weighted by Gasteiger charge is -2.45. The molecule has 0 bridgehead atoms. The van der Waals surface area contributed by atoms with E-state index < -0.39 is 11.0 Å². The Hall–Kier alpha value is -0.770. The lowest BCUT2D eigenvalue weighted by atomic mass is 9.65. The summed E-state index contributed by atoms with van der Waals surface area (Å²) in [5.41, 5.74) is -0.675. The van der Waals surface area contributed by atoms with Crippen LogP contribution in [0.3, 0.4) is 0 Å². The monoisotopic (exact) mass is 266 g/mol. The Labute approximate surface area is 114 Å². The number of hydrogen-bond donors (Lipinski definition) is 2. The molecule has 2 N–H and O–H groups in total. The molecule has 2 unspecified atom stereocenters. The van der Waals surface area contributed by atoms with Crippen LogP contribution in [0.15, 0.2) is 43.0 Å². The number of rotatable bonds is 6. The van der Waals surface area contributed by atoms with Gasteiger partial charge >= 0.3 is 0 Å². The predicted molar refractivity (Wildman–Crippen MR) is 78.6 cm³/mol. The van der Waals surface area contributed by atoms with E-state index in [-0.39, 0.29) is 5.92 Å². The van der Waals surface area contributed by atoms with Crippen LogP contribution < -0.4 is 0 Å². The Morgan fingerprint density at radius 1 is 1.33 bits per heavy atom.